The number of nitrogens with one attached hydrogen (secondary N) is 1. The molecule has 2 rings (SSSR count). The smallest absolute Gasteiger partial charge is 0.409 e. The lowest BCUT2D eigenvalue weighted by Crippen LogP contribution is -2.74. The van der Waals surface area contributed by atoms with Gasteiger partial charge in [0.05, 0.1) is 19.7 Å². The van der Waals surface area contributed by atoms with Gasteiger partial charge in [0.2, 0.25) is 0 Å². The Bertz CT molecular complexity index is 580. The number of carbonyl (C=O) groups excluding carboxylic acids is 1. The number of hydrogen-bond acceptors (Lipinski definition) is 4. The van der Waals surface area contributed by atoms with Crippen LogP contribution in [0.5, 0.6) is 0 Å². The lowest BCUT2D eigenvalue weighted by Gasteiger charge is -2.46. The molecule has 0 radical (unpaired) electrons. The largest absolute Gasteiger partial charge is 0.480 e. The second-order valence-corrected chi connectivity index (χ2v) is 13.1. The Labute approximate surface area is 143 Å². The molecule has 0 aliphatic carbocycles. The zero-order chi connectivity index (χ0) is 17.8. The molecule has 1 aliphatic heterocycles. The maximum absolute atomic E-state index is 12.0. The van der Waals surface area contributed by atoms with Crippen molar-refractivity contribution in [3.8, 4) is 0 Å². The molecule has 0 spiro atoms. The summed E-state index contributed by atoms with van der Waals surface area (Å²) < 4.78 is 5.26. The van der Waals surface area contributed by atoms with Gasteiger partial charge in [0.1, 0.15) is 0 Å². The van der Waals surface area contributed by atoms with Gasteiger partial charge in [-0.3, -0.25) is 10.1 Å². The molecule has 0 bridgehead atoms. The van der Waals surface area contributed by atoms with Crippen molar-refractivity contribution in [3.05, 3.63) is 35.9 Å². The van der Waals surface area contributed by atoms with E-state index in [2.05, 4.69) is 25.0 Å². The summed E-state index contributed by atoms with van der Waals surface area (Å²) in [6.45, 7) is 7.75. The molecule has 1 amide bonds. The minimum Gasteiger partial charge on any atom is -0.480 e. The third kappa shape index (κ3) is 4.81. The summed E-state index contributed by atoms with van der Waals surface area (Å²) in [5, 5.41) is 12.6. The van der Waals surface area contributed by atoms with Crippen LogP contribution in [0.2, 0.25) is 25.7 Å². The van der Waals surface area contributed by atoms with Crippen molar-refractivity contribution in [3.63, 3.8) is 0 Å². The third-order valence-electron chi connectivity index (χ3n) is 4.14. The van der Waals surface area contributed by atoms with E-state index >= 15 is 0 Å². The molecule has 1 aliphatic rings. The predicted molar refractivity (Wildman–Crippen MR) is 94.7 cm³/mol. The zero-order valence-corrected chi connectivity index (χ0v) is 15.5. The molecule has 2 N–H and O–H groups in total. The van der Waals surface area contributed by atoms with Gasteiger partial charge < -0.3 is 14.7 Å². The molecule has 0 unspecified atom stereocenters. The van der Waals surface area contributed by atoms with Crippen LogP contribution in [0.3, 0.4) is 0 Å². The second-order valence-electron chi connectivity index (χ2n) is 7.51. The van der Waals surface area contributed by atoms with Crippen molar-refractivity contribution in [1.82, 2.24) is 10.2 Å². The molecule has 1 saturated heterocycles. The van der Waals surface area contributed by atoms with E-state index in [1.54, 1.807) is 0 Å². The summed E-state index contributed by atoms with van der Waals surface area (Å²) in [6.07, 6.45) is -0.424. The van der Waals surface area contributed by atoms with Gasteiger partial charge in [-0.05, 0) is 11.6 Å². The van der Waals surface area contributed by atoms with E-state index in [1.165, 1.54) is 4.90 Å². The number of aliphatic carboxylic acids is 1. The average molecular weight is 350 g/mol. The number of amides is 1. The Hall–Kier alpha value is -1.86. The van der Waals surface area contributed by atoms with Crippen molar-refractivity contribution in [1.29, 1.82) is 0 Å². The Morgan fingerprint density at radius 2 is 1.88 bits per heavy atom. The Kier molecular flexibility index (Phi) is 5.66. The standard InChI is InChI=1S/C17H26N2O4Si/c1-24(2,3)10-9-23-16(22)19-12-17(13-19,15(20)21)18-11-14-7-5-4-6-8-14/h4-8,18H,9-13H2,1-3H3,(H,20,21). The minimum absolute atomic E-state index is 0.126. The number of rotatable bonds is 7. The molecule has 1 fully saturated rings. The van der Waals surface area contributed by atoms with Crippen LogP contribution in [0.25, 0.3) is 0 Å². The molecule has 0 aromatic heterocycles. The molecule has 1 heterocycles. The third-order valence-corrected chi connectivity index (χ3v) is 5.84. The summed E-state index contributed by atoms with van der Waals surface area (Å²) in [5.41, 5.74) is -0.0810. The lowest BCUT2D eigenvalue weighted by molar-refractivity contribution is -0.151. The molecular formula is C17H26N2O4Si. The highest BCUT2D eigenvalue weighted by Crippen LogP contribution is 2.23. The highest BCUT2D eigenvalue weighted by Gasteiger charge is 2.51. The topological polar surface area (TPSA) is 78.9 Å². The monoisotopic (exact) mass is 350 g/mol. The normalized spacial score (nSPS) is 16.4. The van der Waals surface area contributed by atoms with E-state index in [4.69, 9.17) is 4.74 Å². The van der Waals surface area contributed by atoms with E-state index in [-0.39, 0.29) is 13.1 Å². The fraction of sp³-hybridized carbons (Fsp3) is 0.529. The van der Waals surface area contributed by atoms with Crippen molar-refractivity contribution in [2.75, 3.05) is 19.7 Å². The molecule has 0 saturated carbocycles. The maximum Gasteiger partial charge on any atom is 0.409 e. The average Bonchev–Trinajstić information content (AvgIpc) is 2.45. The molecule has 6 nitrogen and oxygen atoms in total. The molecular weight excluding hydrogens is 324 g/mol. The van der Waals surface area contributed by atoms with E-state index in [9.17, 15) is 14.7 Å². The number of carboxylic acids is 1. The van der Waals surface area contributed by atoms with Gasteiger partial charge in [0.15, 0.2) is 5.54 Å². The van der Waals surface area contributed by atoms with Crippen molar-refractivity contribution >= 4 is 20.1 Å². The van der Waals surface area contributed by atoms with Gasteiger partial charge in [0, 0.05) is 14.6 Å². The van der Waals surface area contributed by atoms with Crippen LogP contribution in [0.4, 0.5) is 4.79 Å². The zero-order valence-electron chi connectivity index (χ0n) is 14.5. The molecule has 24 heavy (non-hydrogen) atoms. The van der Waals surface area contributed by atoms with Gasteiger partial charge in [-0.25, -0.2) is 4.79 Å². The maximum atomic E-state index is 12.0. The number of nitrogens with zero attached hydrogens (tertiary/aromatic N) is 1. The Morgan fingerprint density at radius 3 is 2.42 bits per heavy atom. The van der Waals surface area contributed by atoms with Crippen LogP contribution in [0, 0.1) is 0 Å². The van der Waals surface area contributed by atoms with Crippen LogP contribution in [-0.4, -0.2) is 55.4 Å². The second kappa shape index (κ2) is 7.35. The number of carbonyl (C=O) groups is 2. The number of hydrogen-bond donors (Lipinski definition) is 2. The summed E-state index contributed by atoms with van der Waals surface area (Å²) in [5.74, 6) is -0.940. The molecule has 7 heteroatoms. The summed E-state index contributed by atoms with van der Waals surface area (Å²) in [7, 11) is -1.25. The SMILES string of the molecule is C[Si](C)(C)CCOC(=O)N1CC(NCc2ccccc2)(C(=O)O)C1. The van der Waals surface area contributed by atoms with Gasteiger partial charge in [-0.2, -0.15) is 0 Å². The minimum atomic E-state index is -1.25. The fourth-order valence-corrected chi connectivity index (χ4v) is 3.17. The number of likely N-dealkylation sites (tertiary alicyclic amines) is 1. The first-order chi connectivity index (χ1) is 11.2. The Morgan fingerprint density at radius 1 is 1.25 bits per heavy atom. The number of carboxylic acid groups (broad SMARTS) is 1. The van der Waals surface area contributed by atoms with E-state index in [1.807, 2.05) is 30.3 Å². The van der Waals surface area contributed by atoms with Crippen LogP contribution in [0.15, 0.2) is 30.3 Å². The molecule has 1 aromatic carbocycles. The van der Waals surface area contributed by atoms with Gasteiger partial charge in [0.25, 0.3) is 0 Å². The van der Waals surface area contributed by atoms with Crippen LogP contribution in [-0.2, 0) is 16.1 Å². The summed E-state index contributed by atoms with van der Waals surface area (Å²) in [6, 6.07) is 10.5. The first kappa shape index (κ1) is 18.5. The molecule has 0 atom stereocenters. The molecule has 1 aromatic rings. The fourth-order valence-electron chi connectivity index (χ4n) is 2.46. The van der Waals surface area contributed by atoms with E-state index in [0.29, 0.717) is 13.2 Å². The van der Waals surface area contributed by atoms with Crippen molar-refractivity contribution in [2.45, 2.75) is 37.8 Å². The van der Waals surface area contributed by atoms with E-state index in [0.717, 1.165) is 11.6 Å². The van der Waals surface area contributed by atoms with Crippen LogP contribution in [0.1, 0.15) is 5.56 Å². The highest BCUT2D eigenvalue weighted by atomic mass is 28.3. The van der Waals surface area contributed by atoms with Gasteiger partial charge in [-0.1, -0.05) is 50.0 Å². The summed E-state index contributed by atoms with van der Waals surface area (Å²) >= 11 is 0. The van der Waals surface area contributed by atoms with E-state index < -0.39 is 25.7 Å². The van der Waals surface area contributed by atoms with Gasteiger partial charge >= 0.3 is 12.1 Å². The molecule has 132 valence electrons. The number of ether oxygens (including phenoxy) is 1. The van der Waals surface area contributed by atoms with Crippen molar-refractivity contribution in [2.24, 2.45) is 0 Å². The first-order valence-corrected chi connectivity index (χ1v) is 11.9. The Balaban J connectivity index is 1.82. The van der Waals surface area contributed by atoms with Gasteiger partial charge in [-0.15, -0.1) is 0 Å². The van der Waals surface area contributed by atoms with Crippen molar-refractivity contribution < 1.29 is 19.4 Å². The quantitative estimate of drug-likeness (QED) is 0.738. The lowest BCUT2D eigenvalue weighted by atomic mass is 9.90. The first-order valence-electron chi connectivity index (χ1n) is 8.16. The van der Waals surface area contributed by atoms with Crippen LogP contribution < -0.4 is 5.32 Å². The highest BCUT2D eigenvalue weighted by molar-refractivity contribution is 6.76. The van der Waals surface area contributed by atoms with Crippen LogP contribution >= 0.6 is 0 Å². The predicted octanol–water partition coefficient (Wildman–Crippen LogP) is 2.39. The summed E-state index contributed by atoms with van der Waals surface area (Å²) in [4.78, 5) is 25.0. The number of benzene rings is 1.